The molecule has 0 bridgehead atoms. The van der Waals surface area contributed by atoms with Crippen molar-refractivity contribution in [2.45, 2.75) is 77.0 Å². The van der Waals surface area contributed by atoms with Crippen LogP contribution in [0.5, 0.6) is 0 Å². The molecule has 0 saturated carbocycles. The van der Waals surface area contributed by atoms with Crippen molar-refractivity contribution in [2.75, 3.05) is 6.54 Å². The van der Waals surface area contributed by atoms with E-state index >= 15 is 0 Å². The van der Waals surface area contributed by atoms with Gasteiger partial charge in [-0.15, -0.1) is 0 Å². The van der Waals surface area contributed by atoms with Crippen LogP contribution in [0.2, 0.25) is 18.1 Å². The van der Waals surface area contributed by atoms with Crippen molar-refractivity contribution in [2.24, 2.45) is 0 Å². The summed E-state index contributed by atoms with van der Waals surface area (Å²) in [5.74, 6) is 0. The molecule has 0 spiro atoms. The Morgan fingerprint density at radius 2 is 1.56 bits per heavy atom. The third kappa shape index (κ3) is 2.52. The predicted molar refractivity (Wildman–Crippen MR) is 73.5 cm³/mol. The van der Waals surface area contributed by atoms with Crippen molar-refractivity contribution in [1.29, 1.82) is 0 Å². The molecule has 0 aromatic carbocycles. The molecular formula is C13H29NOSi. The molecule has 3 unspecified atom stereocenters. The van der Waals surface area contributed by atoms with E-state index in [1.807, 2.05) is 0 Å². The van der Waals surface area contributed by atoms with Gasteiger partial charge in [-0.1, -0.05) is 33.9 Å². The minimum atomic E-state index is -1.62. The molecule has 0 aliphatic carbocycles. The molecule has 3 heteroatoms. The van der Waals surface area contributed by atoms with E-state index in [1.54, 1.807) is 0 Å². The van der Waals surface area contributed by atoms with Crippen LogP contribution in [-0.2, 0) is 0 Å². The van der Waals surface area contributed by atoms with Crippen LogP contribution >= 0.6 is 0 Å². The molecule has 16 heavy (non-hydrogen) atoms. The number of nitrogens with zero attached hydrogens (tertiary/aromatic N) is 1. The van der Waals surface area contributed by atoms with Crippen molar-refractivity contribution < 1.29 is 5.11 Å². The van der Waals surface area contributed by atoms with Crippen LogP contribution in [0.15, 0.2) is 0 Å². The summed E-state index contributed by atoms with van der Waals surface area (Å²) in [6.07, 6.45) is 0. The zero-order chi connectivity index (χ0) is 12.9. The van der Waals surface area contributed by atoms with Crippen LogP contribution in [0.1, 0.15) is 41.5 Å². The summed E-state index contributed by atoms with van der Waals surface area (Å²) >= 11 is 0. The van der Waals surface area contributed by atoms with Gasteiger partial charge in [0.05, 0.1) is 13.8 Å². The van der Waals surface area contributed by atoms with Crippen LogP contribution in [0, 0.1) is 0 Å². The lowest BCUT2D eigenvalue weighted by molar-refractivity contribution is 0.184. The highest BCUT2D eigenvalue weighted by Gasteiger charge is 2.54. The fraction of sp³-hybridized carbons (Fsp3) is 1.00. The standard InChI is InChI=1S/C13H29NOSi/c1-12(2,3)14-9-10(14)11(15)16(7,8)13(4,5)6/h10-11,15H,9H2,1-8H3. The Balaban J connectivity index is 2.72. The number of hydrogen-bond donors (Lipinski definition) is 1. The van der Waals surface area contributed by atoms with Gasteiger partial charge in [-0.3, -0.25) is 4.90 Å². The third-order valence-corrected chi connectivity index (χ3v) is 10.3. The van der Waals surface area contributed by atoms with Gasteiger partial charge in [0, 0.05) is 18.1 Å². The highest BCUT2D eigenvalue weighted by atomic mass is 28.3. The molecule has 1 aliphatic rings. The Bertz CT molecular complexity index is 262. The first-order valence-corrected chi connectivity index (χ1v) is 9.41. The van der Waals surface area contributed by atoms with Crippen LogP contribution in [-0.4, -0.2) is 41.9 Å². The van der Waals surface area contributed by atoms with Crippen molar-refractivity contribution in [3.63, 3.8) is 0 Å². The van der Waals surface area contributed by atoms with E-state index in [9.17, 15) is 5.11 Å². The van der Waals surface area contributed by atoms with E-state index < -0.39 is 8.07 Å². The van der Waals surface area contributed by atoms with Crippen molar-refractivity contribution in [3.8, 4) is 0 Å². The van der Waals surface area contributed by atoms with E-state index in [0.717, 1.165) is 6.54 Å². The van der Waals surface area contributed by atoms with Gasteiger partial charge in [0.25, 0.3) is 0 Å². The van der Waals surface area contributed by atoms with Gasteiger partial charge < -0.3 is 5.11 Å². The quantitative estimate of drug-likeness (QED) is 0.595. The summed E-state index contributed by atoms with van der Waals surface area (Å²) in [5, 5.41) is 10.9. The SMILES string of the molecule is CC(C)(C)N1CC1C(O)[Si](C)(C)C(C)(C)C. The molecule has 3 atom stereocenters. The minimum Gasteiger partial charge on any atom is -0.395 e. The van der Waals surface area contributed by atoms with Gasteiger partial charge >= 0.3 is 0 Å². The topological polar surface area (TPSA) is 23.2 Å². The molecule has 0 aromatic heterocycles. The summed E-state index contributed by atoms with van der Waals surface area (Å²) in [5.41, 5.74) is 0.0975. The molecule has 1 fully saturated rings. The maximum absolute atomic E-state index is 10.6. The van der Waals surface area contributed by atoms with Gasteiger partial charge in [0.1, 0.15) is 0 Å². The lowest BCUT2D eigenvalue weighted by Crippen LogP contribution is -2.53. The zero-order valence-corrected chi connectivity index (χ0v) is 13.3. The first-order valence-electron chi connectivity index (χ1n) is 6.34. The number of aliphatic hydroxyl groups is 1. The Morgan fingerprint density at radius 1 is 1.12 bits per heavy atom. The Hall–Kier alpha value is 0.137. The molecule has 1 heterocycles. The molecule has 96 valence electrons. The summed E-state index contributed by atoms with van der Waals surface area (Å²) in [6, 6.07) is 0.404. The molecule has 0 radical (unpaired) electrons. The second-order valence-electron chi connectivity index (χ2n) is 7.81. The van der Waals surface area contributed by atoms with Crippen LogP contribution < -0.4 is 0 Å². The van der Waals surface area contributed by atoms with E-state index in [2.05, 4.69) is 59.5 Å². The molecule has 0 aromatic rings. The highest BCUT2D eigenvalue weighted by Crippen LogP contribution is 2.43. The molecule has 1 saturated heterocycles. The monoisotopic (exact) mass is 243 g/mol. The Morgan fingerprint density at radius 3 is 1.81 bits per heavy atom. The van der Waals surface area contributed by atoms with E-state index in [4.69, 9.17) is 0 Å². The molecule has 1 aliphatic heterocycles. The summed E-state index contributed by atoms with van der Waals surface area (Å²) in [7, 11) is -1.62. The van der Waals surface area contributed by atoms with Crippen molar-refractivity contribution >= 4 is 8.07 Å². The average Bonchev–Trinajstić information content (AvgIpc) is 2.77. The van der Waals surface area contributed by atoms with Crippen LogP contribution in [0.3, 0.4) is 0 Å². The smallest absolute Gasteiger partial charge is 0.0886 e. The van der Waals surface area contributed by atoms with Gasteiger partial charge in [0.15, 0.2) is 0 Å². The Kier molecular flexibility index (Phi) is 3.39. The molecule has 1 rings (SSSR count). The maximum Gasteiger partial charge on any atom is 0.0886 e. The van der Waals surface area contributed by atoms with Gasteiger partial charge in [0.2, 0.25) is 0 Å². The highest BCUT2D eigenvalue weighted by molar-refractivity contribution is 6.81. The molecule has 0 amide bonds. The van der Waals surface area contributed by atoms with Crippen molar-refractivity contribution in [1.82, 2.24) is 4.90 Å². The molecular weight excluding hydrogens is 214 g/mol. The second kappa shape index (κ2) is 3.82. The largest absolute Gasteiger partial charge is 0.395 e. The first-order chi connectivity index (χ1) is 6.89. The summed E-state index contributed by atoms with van der Waals surface area (Å²) in [4.78, 5) is 2.41. The van der Waals surface area contributed by atoms with Gasteiger partial charge in [-0.05, 0) is 25.8 Å². The van der Waals surface area contributed by atoms with E-state index in [1.165, 1.54) is 0 Å². The van der Waals surface area contributed by atoms with E-state index in [0.29, 0.717) is 6.04 Å². The second-order valence-corrected chi connectivity index (χ2v) is 13.3. The first kappa shape index (κ1) is 14.2. The lowest BCUT2D eigenvalue weighted by Gasteiger charge is -2.41. The third-order valence-electron chi connectivity index (χ3n) is 4.55. The predicted octanol–water partition coefficient (Wildman–Crippen LogP) is 2.88. The molecule has 1 N–H and O–H groups in total. The molecule has 2 nitrogen and oxygen atoms in total. The average molecular weight is 243 g/mol. The fourth-order valence-corrected chi connectivity index (χ4v) is 4.26. The number of hydrogen-bond acceptors (Lipinski definition) is 2. The van der Waals surface area contributed by atoms with Crippen LogP contribution in [0.25, 0.3) is 0 Å². The lowest BCUT2D eigenvalue weighted by atomic mass is 10.1. The zero-order valence-electron chi connectivity index (χ0n) is 12.3. The number of rotatable bonds is 2. The summed E-state index contributed by atoms with van der Waals surface area (Å²) < 4.78 is 0. The van der Waals surface area contributed by atoms with Crippen molar-refractivity contribution in [3.05, 3.63) is 0 Å². The fourth-order valence-electron chi connectivity index (χ4n) is 2.12. The minimum absolute atomic E-state index is 0.105. The van der Waals surface area contributed by atoms with E-state index in [-0.39, 0.29) is 16.3 Å². The van der Waals surface area contributed by atoms with Gasteiger partial charge in [-0.25, -0.2) is 0 Å². The maximum atomic E-state index is 10.6. The van der Waals surface area contributed by atoms with Gasteiger partial charge in [-0.2, -0.15) is 0 Å². The Labute approximate surface area is 102 Å². The van der Waals surface area contributed by atoms with Crippen LogP contribution in [0.4, 0.5) is 0 Å². The normalized spacial score (nSPS) is 29.1. The summed E-state index contributed by atoms with van der Waals surface area (Å²) in [6.45, 7) is 19.2. The number of aliphatic hydroxyl groups excluding tert-OH is 1.